The van der Waals surface area contributed by atoms with E-state index in [1.807, 2.05) is 30.3 Å². The van der Waals surface area contributed by atoms with Crippen LogP contribution in [0, 0.1) is 0 Å². The van der Waals surface area contributed by atoms with Crippen LogP contribution >= 0.6 is 0 Å². The Kier molecular flexibility index (Phi) is 4.02. The fourth-order valence-electron chi connectivity index (χ4n) is 2.23. The molecule has 1 atom stereocenters. The molecule has 106 valence electrons. The average molecular weight is 276 g/mol. The molecule has 6 heteroatoms. The van der Waals surface area contributed by atoms with Gasteiger partial charge in [0, 0.05) is 12.2 Å². The number of hydrogen-bond donors (Lipinski definition) is 1. The van der Waals surface area contributed by atoms with Gasteiger partial charge in [-0.3, -0.25) is 19.3 Å². The molecule has 1 aromatic carbocycles. The zero-order valence-electron chi connectivity index (χ0n) is 11.2. The summed E-state index contributed by atoms with van der Waals surface area (Å²) in [5.74, 6) is -1.74. The van der Waals surface area contributed by atoms with Crippen LogP contribution in [0.15, 0.2) is 30.3 Å². The maximum absolute atomic E-state index is 12.2. The van der Waals surface area contributed by atoms with E-state index < -0.39 is 12.0 Å². The number of nitrogens with zero attached hydrogens (tertiary/aromatic N) is 2. The van der Waals surface area contributed by atoms with Crippen LogP contribution in [0.3, 0.4) is 0 Å². The Morgan fingerprint density at radius 3 is 2.55 bits per heavy atom. The number of aliphatic carboxylic acids is 1. The van der Waals surface area contributed by atoms with E-state index in [4.69, 9.17) is 5.11 Å². The van der Waals surface area contributed by atoms with Gasteiger partial charge in [0.05, 0.1) is 13.0 Å². The third-order valence-electron chi connectivity index (χ3n) is 3.33. The number of anilines is 1. The summed E-state index contributed by atoms with van der Waals surface area (Å²) in [6, 6.07) is 8.74. The number of benzene rings is 1. The molecule has 1 saturated heterocycles. The molecule has 1 aliphatic rings. The molecule has 0 aromatic heterocycles. The van der Waals surface area contributed by atoms with E-state index in [2.05, 4.69) is 0 Å². The topological polar surface area (TPSA) is 77.9 Å². The highest BCUT2D eigenvalue weighted by atomic mass is 16.4. The SMILES string of the molecule is CC1C(=O)N(CCC(=O)O)C(=O)CN1c1ccccc1. The quantitative estimate of drug-likeness (QED) is 0.820. The van der Waals surface area contributed by atoms with Crippen molar-refractivity contribution in [2.75, 3.05) is 18.0 Å². The van der Waals surface area contributed by atoms with E-state index >= 15 is 0 Å². The first-order valence-corrected chi connectivity index (χ1v) is 6.38. The van der Waals surface area contributed by atoms with Crippen molar-refractivity contribution in [3.8, 4) is 0 Å². The normalized spacial score (nSPS) is 19.4. The van der Waals surface area contributed by atoms with Crippen LogP contribution < -0.4 is 4.90 Å². The molecule has 0 saturated carbocycles. The molecule has 2 amide bonds. The van der Waals surface area contributed by atoms with Crippen LogP contribution in [0.25, 0.3) is 0 Å². The average Bonchev–Trinajstić information content (AvgIpc) is 2.43. The highest BCUT2D eigenvalue weighted by Crippen LogP contribution is 2.21. The van der Waals surface area contributed by atoms with Gasteiger partial charge in [-0.2, -0.15) is 0 Å². The van der Waals surface area contributed by atoms with Crippen LogP contribution in [-0.4, -0.2) is 46.9 Å². The van der Waals surface area contributed by atoms with Crippen LogP contribution in [0.1, 0.15) is 13.3 Å². The number of rotatable bonds is 4. The van der Waals surface area contributed by atoms with E-state index in [1.165, 1.54) is 0 Å². The lowest BCUT2D eigenvalue weighted by atomic mass is 10.1. The fraction of sp³-hybridized carbons (Fsp3) is 0.357. The van der Waals surface area contributed by atoms with Gasteiger partial charge in [0.25, 0.3) is 5.91 Å². The number of para-hydroxylation sites is 1. The van der Waals surface area contributed by atoms with E-state index in [0.29, 0.717) is 0 Å². The van der Waals surface area contributed by atoms with Crippen molar-refractivity contribution in [3.05, 3.63) is 30.3 Å². The van der Waals surface area contributed by atoms with Gasteiger partial charge >= 0.3 is 5.97 Å². The van der Waals surface area contributed by atoms with Gasteiger partial charge in [-0.1, -0.05) is 18.2 Å². The second kappa shape index (κ2) is 5.73. The van der Waals surface area contributed by atoms with Crippen LogP contribution in [0.2, 0.25) is 0 Å². The summed E-state index contributed by atoms with van der Waals surface area (Å²) in [5, 5.41) is 8.65. The van der Waals surface area contributed by atoms with E-state index in [0.717, 1.165) is 10.6 Å². The Labute approximate surface area is 116 Å². The third kappa shape index (κ3) is 2.79. The van der Waals surface area contributed by atoms with Crippen molar-refractivity contribution >= 4 is 23.5 Å². The van der Waals surface area contributed by atoms with Crippen LogP contribution in [-0.2, 0) is 14.4 Å². The van der Waals surface area contributed by atoms with Crippen LogP contribution in [0.4, 0.5) is 5.69 Å². The third-order valence-corrected chi connectivity index (χ3v) is 3.33. The van der Waals surface area contributed by atoms with Crippen molar-refractivity contribution in [1.29, 1.82) is 0 Å². The van der Waals surface area contributed by atoms with Gasteiger partial charge in [0.15, 0.2) is 0 Å². The van der Waals surface area contributed by atoms with Crippen molar-refractivity contribution in [2.45, 2.75) is 19.4 Å². The standard InChI is InChI=1S/C14H16N2O4/c1-10-14(20)15(8-7-13(18)19)12(17)9-16(10)11-5-3-2-4-6-11/h2-6,10H,7-9H2,1H3,(H,18,19). The van der Waals surface area contributed by atoms with E-state index in [9.17, 15) is 14.4 Å². The number of carboxylic acid groups (broad SMARTS) is 1. The zero-order chi connectivity index (χ0) is 14.7. The Hall–Kier alpha value is -2.37. The minimum Gasteiger partial charge on any atom is -0.481 e. The predicted octanol–water partition coefficient (Wildman–Crippen LogP) is 0.725. The van der Waals surface area contributed by atoms with Gasteiger partial charge in [-0.25, -0.2) is 0 Å². The number of hydrogen-bond acceptors (Lipinski definition) is 4. The Morgan fingerprint density at radius 2 is 1.95 bits per heavy atom. The fourth-order valence-corrected chi connectivity index (χ4v) is 2.23. The summed E-state index contributed by atoms with van der Waals surface area (Å²) in [6.07, 6.45) is -0.227. The molecular formula is C14H16N2O4. The summed E-state index contributed by atoms with van der Waals surface area (Å²) in [7, 11) is 0. The van der Waals surface area contributed by atoms with Gasteiger partial charge in [-0.05, 0) is 19.1 Å². The number of piperazine rings is 1. The zero-order valence-corrected chi connectivity index (χ0v) is 11.2. The lowest BCUT2D eigenvalue weighted by Gasteiger charge is -2.38. The largest absolute Gasteiger partial charge is 0.481 e. The minimum absolute atomic E-state index is 0.0695. The second-order valence-corrected chi connectivity index (χ2v) is 4.67. The minimum atomic E-state index is -1.02. The summed E-state index contributed by atoms with van der Waals surface area (Å²) >= 11 is 0. The van der Waals surface area contributed by atoms with Crippen molar-refractivity contribution in [3.63, 3.8) is 0 Å². The number of imide groups is 1. The number of amides is 2. The Bertz CT molecular complexity index is 529. The van der Waals surface area contributed by atoms with Crippen molar-refractivity contribution in [2.24, 2.45) is 0 Å². The van der Waals surface area contributed by atoms with E-state index in [-0.39, 0.29) is 31.3 Å². The molecule has 0 radical (unpaired) electrons. The van der Waals surface area contributed by atoms with Crippen LogP contribution in [0.5, 0.6) is 0 Å². The molecule has 1 aliphatic heterocycles. The maximum atomic E-state index is 12.2. The lowest BCUT2D eigenvalue weighted by molar-refractivity contribution is -0.148. The molecule has 6 nitrogen and oxygen atoms in total. The summed E-state index contributed by atoms with van der Waals surface area (Å²) < 4.78 is 0. The highest BCUT2D eigenvalue weighted by molar-refractivity contribution is 6.04. The monoisotopic (exact) mass is 276 g/mol. The first-order chi connectivity index (χ1) is 9.50. The smallest absolute Gasteiger partial charge is 0.305 e. The summed E-state index contributed by atoms with van der Waals surface area (Å²) in [5.41, 5.74) is 0.805. The Morgan fingerprint density at radius 1 is 1.30 bits per heavy atom. The van der Waals surface area contributed by atoms with Crippen molar-refractivity contribution < 1.29 is 19.5 Å². The Balaban J connectivity index is 2.15. The first-order valence-electron chi connectivity index (χ1n) is 6.38. The van der Waals surface area contributed by atoms with Gasteiger partial charge in [-0.15, -0.1) is 0 Å². The van der Waals surface area contributed by atoms with Crippen molar-refractivity contribution in [1.82, 2.24) is 4.90 Å². The lowest BCUT2D eigenvalue weighted by Crippen LogP contribution is -2.59. The predicted molar refractivity (Wildman–Crippen MR) is 72.2 cm³/mol. The molecule has 1 fully saturated rings. The molecule has 0 spiro atoms. The summed E-state index contributed by atoms with van der Waals surface area (Å²) in [4.78, 5) is 37.5. The maximum Gasteiger partial charge on any atom is 0.305 e. The molecular weight excluding hydrogens is 260 g/mol. The molecule has 1 N–H and O–H groups in total. The molecule has 2 rings (SSSR count). The molecule has 0 bridgehead atoms. The molecule has 1 aromatic rings. The second-order valence-electron chi connectivity index (χ2n) is 4.67. The number of carbonyl (C=O) groups is 3. The molecule has 1 unspecified atom stereocenters. The number of carboxylic acids is 1. The van der Waals surface area contributed by atoms with Gasteiger partial charge in [0.2, 0.25) is 5.91 Å². The molecule has 20 heavy (non-hydrogen) atoms. The van der Waals surface area contributed by atoms with E-state index in [1.54, 1.807) is 11.8 Å². The molecule has 0 aliphatic carbocycles. The van der Waals surface area contributed by atoms with Gasteiger partial charge in [0.1, 0.15) is 6.04 Å². The first kappa shape index (κ1) is 14.0. The molecule has 1 heterocycles. The number of carbonyl (C=O) groups excluding carboxylic acids is 2. The van der Waals surface area contributed by atoms with Gasteiger partial charge < -0.3 is 10.0 Å². The highest BCUT2D eigenvalue weighted by Gasteiger charge is 2.37. The summed E-state index contributed by atoms with van der Waals surface area (Å²) in [6.45, 7) is 1.73.